The number of hydrogen-bond acceptors (Lipinski definition) is 3. The predicted molar refractivity (Wildman–Crippen MR) is 86.8 cm³/mol. The van der Waals surface area contributed by atoms with Crippen LogP contribution in [0.1, 0.15) is 17.5 Å². The lowest BCUT2D eigenvalue weighted by Crippen LogP contribution is -2.34. The molecule has 1 heterocycles. The standard InChI is InChI=1S/C18H17FN2O2/c1-11-7-12(2)9-14(8-11)20-16-10-17(22)21(18(16)23)15-5-3-13(19)4-6-15/h3-9,16,20H,10H2,1-2H3. The van der Waals surface area contributed by atoms with Crippen LogP contribution in [-0.4, -0.2) is 17.9 Å². The van der Waals surface area contributed by atoms with Gasteiger partial charge in [-0.3, -0.25) is 9.59 Å². The molecule has 0 aliphatic carbocycles. The number of nitrogens with one attached hydrogen (secondary N) is 1. The second-order valence-corrected chi connectivity index (χ2v) is 5.82. The minimum atomic E-state index is -0.603. The number of imide groups is 1. The fourth-order valence-corrected chi connectivity index (χ4v) is 2.87. The van der Waals surface area contributed by atoms with Gasteiger partial charge in [0.2, 0.25) is 5.91 Å². The van der Waals surface area contributed by atoms with E-state index in [1.807, 2.05) is 32.0 Å². The van der Waals surface area contributed by atoms with Crippen LogP contribution in [0.2, 0.25) is 0 Å². The van der Waals surface area contributed by atoms with Crippen LogP contribution in [-0.2, 0) is 9.59 Å². The molecule has 1 N–H and O–H groups in total. The molecule has 1 aliphatic heterocycles. The van der Waals surface area contributed by atoms with Gasteiger partial charge in [-0.2, -0.15) is 0 Å². The maximum atomic E-state index is 13.0. The molecule has 4 nitrogen and oxygen atoms in total. The van der Waals surface area contributed by atoms with Gasteiger partial charge in [0.05, 0.1) is 12.1 Å². The third-order valence-electron chi connectivity index (χ3n) is 3.79. The molecular weight excluding hydrogens is 295 g/mol. The first kappa shape index (κ1) is 15.2. The fraction of sp³-hybridized carbons (Fsp3) is 0.222. The zero-order valence-electron chi connectivity index (χ0n) is 13.0. The Morgan fingerprint density at radius 2 is 1.65 bits per heavy atom. The molecule has 0 bridgehead atoms. The lowest BCUT2D eigenvalue weighted by Gasteiger charge is -2.16. The van der Waals surface area contributed by atoms with Gasteiger partial charge in [-0.15, -0.1) is 0 Å². The molecule has 23 heavy (non-hydrogen) atoms. The van der Waals surface area contributed by atoms with Crippen LogP contribution in [0.15, 0.2) is 42.5 Å². The second-order valence-electron chi connectivity index (χ2n) is 5.82. The summed E-state index contributed by atoms with van der Waals surface area (Å²) in [6.45, 7) is 3.95. The summed E-state index contributed by atoms with van der Waals surface area (Å²) in [5.74, 6) is -1.01. The van der Waals surface area contributed by atoms with Crippen molar-refractivity contribution in [3.05, 3.63) is 59.4 Å². The fourth-order valence-electron chi connectivity index (χ4n) is 2.87. The van der Waals surface area contributed by atoms with Gasteiger partial charge < -0.3 is 5.32 Å². The summed E-state index contributed by atoms with van der Waals surface area (Å²) in [6.07, 6.45) is 0.0865. The SMILES string of the molecule is Cc1cc(C)cc(NC2CC(=O)N(c3ccc(F)cc3)C2=O)c1. The smallest absolute Gasteiger partial charge is 0.256 e. The monoisotopic (exact) mass is 312 g/mol. The highest BCUT2D eigenvalue weighted by atomic mass is 19.1. The van der Waals surface area contributed by atoms with E-state index < -0.39 is 11.9 Å². The Labute approximate surface area is 133 Å². The largest absolute Gasteiger partial charge is 0.373 e. The Kier molecular flexibility index (Phi) is 3.86. The van der Waals surface area contributed by atoms with Crippen molar-refractivity contribution in [2.45, 2.75) is 26.3 Å². The quantitative estimate of drug-likeness (QED) is 0.886. The van der Waals surface area contributed by atoms with Gasteiger partial charge in [-0.05, 0) is 61.4 Å². The van der Waals surface area contributed by atoms with E-state index in [4.69, 9.17) is 0 Å². The van der Waals surface area contributed by atoms with E-state index >= 15 is 0 Å². The van der Waals surface area contributed by atoms with E-state index in [2.05, 4.69) is 5.32 Å². The van der Waals surface area contributed by atoms with E-state index in [1.54, 1.807) is 0 Å². The summed E-state index contributed by atoms with van der Waals surface area (Å²) in [6, 6.07) is 10.7. The van der Waals surface area contributed by atoms with E-state index in [9.17, 15) is 14.0 Å². The predicted octanol–water partition coefficient (Wildman–Crippen LogP) is 3.19. The van der Waals surface area contributed by atoms with Gasteiger partial charge in [0, 0.05) is 5.69 Å². The average molecular weight is 312 g/mol. The van der Waals surface area contributed by atoms with Crippen molar-refractivity contribution in [3.63, 3.8) is 0 Å². The molecule has 2 aromatic carbocycles. The molecule has 0 spiro atoms. The molecule has 1 aliphatic rings. The van der Waals surface area contributed by atoms with Crippen LogP contribution in [0, 0.1) is 19.7 Å². The highest BCUT2D eigenvalue weighted by molar-refractivity contribution is 6.23. The van der Waals surface area contributed by atoms with E-state index in [0.29, 0.717) is 5.69 Å². The molecule has 0 saturated carbocycles. The van der Waals surface area contributed by atoms with E-state index in [-0.39, 0.29) is 18.2 Å². The van der Waals surface area contributed by atoms with Gasteiger partial charge in [-0.1, -0.05) is 6.07 Å². The number of halogens is 1. The van der Waals surface area contributed by atoms with Gasteiger partial charge in [-0.25, -0.2) is 9.29 Å². The van der Waals surface area contributed by atoms with Crippen LogP contribution >= 0.6 is 0 Å². The molecule has 1 atom stereocenters. The van der Waals surface area contributed by atoms with Gasteiger partial charge in [0.1, 0.15) is 11.9 Å². The Bertz CT molecular complexity index is 751. The minimum absolute atomic E-state index is 0.0865. The molecule has 1 fully saturated rings. The van der Waals surface area contributed by atoms with Crippen molar-refractivity contribution >= 4 is 23.2 Å². The van der Waals surface area contributed by atoms with Crippen molar-refractivity contribution in [2.75, 3.05) is 10.2 Å². The maximum absolute atomic E-state index is 13.0. The van der Waals surface area contributed by atoms with Gasteiger partial charge in [0.15, 0.2) is 0 Å². The van der Waals surface area contributed by atoms with Gasteiger partial charge in [0.25, 0.3) is 5.91 Å². The second kappa shape index (κ2) is 5.83. The first-order valence-corrected chi connectivity index (χ1v) is 7.41. The molecular formula is C18H17FN2O2. The summed E-state index contributed by atoms with van der Waals surface area (Å²) < 4.78 is 13.0. The Hall–Kier alpha value is -2.69. The van der Waals surface area contributed by atoms with Crippen molar-refractivity contribution in [1.29, 1.82) is 0 Å². The topological polar surface area (TPSA) is 49.4 Å². The van der Waals surface area contributed by atoms with Gasteiger partial charge >= 0.3 is 0 Å². The number of rotatable bonds is 3. The molecule has 5 heteroatoms. The summed E-state index contributed by atoms with van der Waals surface area (Å²) in [4.78, 5) is 25.8. The number of hydrogen-bond donors (Lipinski definition) is 1. The third kappa shape index (κ3) is 3.08. The molecule has 1 saturated heterocycles. The maximum Gasteiger partial charge on any atom is 0.256 e. The Morgan fingerprint density at radius 1 is 1.04 bits per heavy atom. The summed E-state index contributed by atoms with van der Waals surface area (Å²) >= 11 is 0. The Morgan fingerprint density at radius 3 is 2.26 bits per heavy atom. The average Bonchev–Trinajstić information content (AvgIpc) is 2.74. The molecule has 2 amide bonds. The van der Waals surface area contributed by atoms with Crippen molar-refractivity contribution in [2.24, 2.45) is 0 Å². The summed E-state index contributed by atoms with van der Waals surface area (Å²) in [7, 11) is 0. The summed E-state index contributed by atoms with van der Waals surface area (Å²) in [5.41, 5.74) is 3.38. The van der Waals surface area contributed by atoms with Crippen LogP contribution in [0.3, 0.4) is 0 Å². The van der Waals surface area contributed by atoms with Crippen LogP contribution in [0.25, 0.3) is 0 Å². The third-order valence-corrected chi connectivity index (χ3v) is 3.79. The number of carbonyl (C=O) groups excluding carboxylic acids is 2. The van der Waals surface area contributed by atoms with Crippen LogP contribution < -0.4 is 10.2 Å². The van der Waals surface area contributed by atoms with E-state index in [1.165, 1.54) is 24.3 Å². The molecule has 2 aromatic rings. The lowest BCUT2D eigenvalue weighted by atomic mass is 10.1. The molecule has 0 radical (unpaired) electrons. The number of amides is 2. The molecule has 118 valence electrons. The number of aryl methyl sites for hydroxylation is 2. The highest BCUT2D eigenvalue weighted by Crippen LogP contribution is 2.25. The lowest BCUT2D eigenvalue weighted by molar-refractivity contribution is -0.121. The number of anilines is 2. The van der Waals surface area contributed by atoms with Crippen LogP contribution in [0.5, 0.6) is 0 Å². The van der Waals surface area contributed by atoms with Crippen molar-refractivity contribution in [3.8, 4) is 0 Å². The molecule has 3 rings (SSSR count). The normalized spacial score (nSPS) is 17.7. The van der Waals surface area contributed by atoms with Crippen molar-refractivity contribution in [1.82, 2.24) is 0 Å². The zero-order valence-corrected chi connectivity index (χ0v) is 13.0. The Balaban J connectivity index is 1.82. The number of carbonyl (C=O) groups is 2. The number of nitrogens with zero attached hydrogens (tertiary/aromatic N) is 1. The molecule has 0 aromatic heterocycles. The van der Waals surface area contributed by atoms with Crippen molar-refractivity contribution < 1.29 is 14.0 Å². The highest BCUT2D eigenvalue weighted by Gasteiger charge is 2.39. The first-order chi connectivity index (χ1) is 10.9. The molecule has 1 unspecified atom stereocenters. The van der Waals surface area contributed by atoms with Crippen LogP contribution in [0.4, 0.5) is 15.8 Å². The minimum Gasteiger partial charge on any atom is -0.373 e. The first-order valence-electron chi connectivity index (χ1n) is 7.41. The zero-order chi connectivity index (χ0) is 16.6. The number of benzene rings is 2. The summed E-state index contributed by atoms with van der Waals surface area (Å²) in [5, 5.41) is 3.13. The van der Waals surface area contributed by atoms with E-state index in [0.717, 1.165) is 21.7 Å².